The van der Waals surface area contributed by atoms with Crippen LogP contribution in [0, 0.1) is 11.3 Å². The minimum atomic E-state index is 0.109. The fourth-order valence-electron chi connectivity index (χ4n) is 2.53. The smallest absolute Gasteiger partial charge is 0.196 e. The Morgan fingerprint density at radius 3 is 2.37 bits per heavy atom. The van der Waals surface area contributed by atoms with Gasteiger partial charge < -0.3 is 0 Å². The van der Waals surface area contributed by atoms with Crippen LogP contribution in [0.25, 0.3) is 5.69 Å². The Balaban J connectivity index is 1.92. The van der Waals surface area contributed by atoms with E-state index < -0.39 is 0 Å². The van der Waals surface area contributed by atoms with Crippen molar-refractivity contribution in [2.45, 2.75) is 23.9 Å². The van der Waals surface area contributed by atoms with Crippen LogP contribution in [0.1, 0.15) is 29.9 Å². The van der Waals surface area contributed by atoms with E-state index in [1.807, 2.05) is 62.6 Å². The van der Waals surface area contributed by atoms with Gasteiger partial charge in [-0.2, -0.15) is 5.26 Å². The van der Waals surface area contributed by atoms with Crippen LogP contribution in [0.4, 0.5) is 0 Å². The second-order valence-electron chi connectivity index (χ2n) is 6.39. The van der Waals surface area contributed by atoms with Crippen LogP contribution in [0.5, 0.6) is 0 Å². The molecule has 0 saturated carbocycles. The molecule has 0 aliphatic rings. The van der Waals surface area contributed by atoms with Crippen molar-refractivity contribution in [3.63, 3.8) is 0 Å². The summed E-state index contributed by atoms with van der Waals surface area (Å²) in [5, 5.41) is 19.3. The number of nitriles is 1. The minimum absolute atomic E-state index is 0.109. The summed E-state index contributed by atoms with van der Waals surface area (Å²) in [6.45, 7) is 2.10. The molecule has 138 valence electrons. The number of halogens is 1. The van der Waals surface area contributed by atoms with E-state index in [-0.39, 0.29) is 6.04 Å². The van der Waals surface area contributed by atoms with E-state index >= 15 is 0 Å². The molecular formula is C20H20ClN5S. The number of hydrogen-bond acceptors (Lipinski definition) is 5. The molecule has 1 unspecified atom stereocenters. The first-order chi connectivity index (χ1) is 13.0. The van der Waals surface area contributed by atoms with Crippen molar-refractivity contribution in [2.75, 3.05) is 14.1 Å². The van der Waals surface area contributed by atoms with Crippen LogP contribution in [0.3, 0.4) is 0 Å². The molecule has 0 fully saturated rings. The van der Waals surface area contributed by atoms with E-state index in [9.17, 15) is 0 Å². The zero-order chi connectivity index (χ0) is 19.4. The van der Waals surface area contributed by atoms with E-state index in [0.29, 0.717) is 10.6 Å². The SMILES string of the molecule is CC(c1nnc(SCc2ccc(C#N)cc2)n1-c1ccc(Cl)cc1)N(C)C. The van der Waals surface area contributed by atoms with Crippen LogP contribution in [0.2, 0.25) is 5.02 Å². The van der Waals surface area contributed by atoms with Gasteiger partial charge in [-0.25, -0.2) is 0 Å². The fraction of sp³-hybridized carbons (Fsp3) is 0.250. The van der Waals surface area contributed by atoms with Crippen LogP contribution in [-0.4, -0.2) is 33.8 Å². The Bertz CT molecular complexity index is 942. The third-order valence-corrected chi connectivity index (χ3v) is 5.59. The van der Waals surface area contributed by atoms with Gasteiger partial charge in [-0.1, -0.05) is 35.5 Å². The molecule has 5 nitrogen and oxygen atoms in total. The maximum atomic E-state index is 8.93. The first-order valence-corrected chi connectivity index (χ1v) is 9.85. The Morgan fingerprint density at radius 2 is 1.78 bits per heavy atom. The lowest BCUT2D eigenvalue weighted by Crippen LogP contribution is -2.20. The highest BCUT2D eigenvalue weighted by Gasteiger charge is 2.21. The summed E-state index contributed by atoms with van der Waals surface area (Å²) in [5.74, 6) is 1.62. The van der Waals surface area contributed by atoms with Gasteiger partial charge in [0.15, 0.2) is 11.0 Å². The van der Waals surface area contributed by atoms with E-state index in [4.69, 9.17) is 16.9 Å². The third-order valence-electron chi connectivity index (χ3n) is 4.34. The van der Waals surface area contributed by atoms with Crippen molar-refractivity contribution in [1.29, 1.82) is 5.26 Å². The van der Waals surface area contributed by atoms with Crippen molar-refractivity contribution in [3.05, 3.63) is 70.5 Å². The molecule has 0 spiro atoms. The second kappa shape index (κ2) is 8.57. The van der Waals surface area contributed by atoms with Crippen LogP contribution in [-0.2, 0) is 5.75 Å². The second-order valence-corrected chi connectivity index (χ2v) is 7.77. The topological polar surface area (TPSA) is 57.7 Å². The highest BCUT2D eigenvalue weighted by Crippen LogP contribution is 2.29. The largest absolute Gasteiger partial charge is 0.300 e. The van der Waals surface area contributed by atoms with Crippen molar-refractivity contribution < 1.29 is 0 Å². The third kappa shape index (κ3) is 4.51. The van der Waals surface area contributed by atoms with E-state index in [2.05, 4.69) is 32.7 Å². The molecule has 0 aliphatic carbocycles. The lowest BCUT2D eigenvalue weighted by atomic mass is 10.2. The first kappa shape index (κ1) is 19.4. The van der Waals surface area contributed by atoms with Gasteiger partial charge >= 0.3 is 0 Å². The molecule has 0 radical (unpaired) electrons. The summed E-state index contributed by atoms with van der Waals surface area (Å²) in [5.41, 5.74) is 2.78. The van der Waals surface area contributed by atoms with Gasteiger partial charge in [0.1, 0.15) is 0 Å². The van der Waals surface area contributed by atoms with Gasteiger partial charge in [0, 0.05) is 16.5 Å². The van der Waals surface area contributed by atoms with Crippen molar-refractivity contribution >= 4 is 23.4 Å². The molecule has 27 heavy (non-hydrogen) atoms. The minimum Gasteiger partial charge on any atom is -0.300 e. The molecular weight excluding hydrogens is 378 g/mol. The van der Waals surface area contributed by atoms with Gasteiger partial charge in [0.2, 0.25) is 0 Å². The number of aromatic nitrogens is 3. The van der Waals surface area contributed by atoms with E-state index in [1.165, 1.54) is 0 Å². The normalized spacial score (nSPS) is 12.1. The quantitative estimate of drug-likeness (QED) is 0.564. The summed E-state index contributed by atoms with van der Waals surface area (Å²) in [6.07, 6.45) is 0. The number of rotatable bonds is 6. The molecule has 3 aromatic rings. The number of nitrogens with zero attached hydrogens (tertiary/aromatic N) is 5. The number of hydrogen-bond donors (Lipinski definition) is 0. The maximum Gasteiger partial charge on any atom is 0.196 e. The van der Waals surface area contributed by atoms with E-state index in [1.54, 1.807) is 11.8 Å². The van der Waals surface area contributed by atoms with Crippen LogP contribution < -0.4 is 0 Å². The molecule has 1 aromatic heterocycles. The molecule has 1 atom stereocenters. The molecule has 3 rings (SSSR count). The lowest BCUT2D eigenvalue weighted by Gasteiger charge is -2.20. The van der Waals surface area contributed by atoms with Crippen molar-refractivity contribution in [1.82, 2.24) is 19.7 Å². The molecule has 1 heterocycles. The monoisotopic (exact) mass is 397 g/mol. The predicted molar refractivity (Wildman–Crippen MR) is 109 cm³/mol. The average Bonchev–Trinajstić information content (AvgIpc) is 3.10. The van der Waals surface area contributed by atoms with E-state index in [0.717, 1.165) is 28.0 Å². The number of benzene rings is 2. The first-order valence-electron chi connectivity index (χ1n) is 8.49. The average molecular weight is 398 g/mol. The zero-order valence-electron chi connectivity index (χ0n) is 15.4. The van der Waals surface area contributed by atoms with Gasteiger partial charge in [-0.15, -0.1) is 10.2 Å². The lowest BCUT2D eigenvalue weighted by molar-refractivity contribution is 0.305. The highest BCUT2D eigenvalue weighted by atomic mass is 35.5. The van der Waals surface area contributed by atoms with Gasteiger partial charge in [-0.3, -0.25) is 9.47 Å². The molecule has 0 saturated heterocycles. The molecule has 0 amide bonds. The summed E-state index contributed by atoms with van der Waals surface area (Å²) in [4.78, 5) is 2.10. The highest BCUT2D eigenvalue weighted by molar-refractivity contribution is 7.98. The van der Waals surface area contributed by atoms with Crippen LogP contribution >= 0.6 is 23.4 Å². The fourth-order valence-corrected chi connectivity index (χ4v) is 3.57. The Morgan fingerprint density at radius 1 is 1.11 bits per heavy atom. The summed E-state index contributed by atoms with van der Waals surface area (Å²) >= 11 is 7.67. The number of thioether (sulfide) groups is 1. The molecule has 7 heteroatoms. The van der Waals surface area contributed by atoms with Gasteiger partial charge in [0.05, 0.1) is 17.7 Å². The van der Waals surface area contributed by atoms with Gasteiger partial charge in [-0.05, 0) is 63.0 Å². The molecule has 0 N–H and O–H groups in total. The summed E-state index contributed by atoms with van der Waals surface area (Å²) in [6, 6.07) is 17.5. The van der Waals surface area contributed by atoms with Crippen LogP contribution in [0.15, 0.2) is 53.7 Å². The maximum absolute atomic E-state index is 8.93. The van der Waals surface area contributed by atoms with Gasteiger partial charge in [0.25, 0.3) is 0 Å². The van der Waals surface area contributed by atoms with Crippen molar-refractivity contribution in [2.24, 2.45) is 0 Å². The van der Waals surface area contributed by atoms with Crippen molar-refractivity contribution in [3.8, 4) is 11.8 Å². The Hall–Kier alpha value is -2.33. The predicted octanol–water partition coefficient (Wildman–Crippen LogP) is 4.71. The molecule has 0 bridgehead atoms. The Labute approximate surface area is 168 Å². The summed E-state index contributed by atoms with van der Waals surface area (Å²) < 4.78 is 2.08. The standard InChI is InChI=1S/C20H20ClN5S/c1-14(25(2)3)19-23-24-20(26(19)18-10-8-17(21)9-11-18)27-13-16-6-4-15(12-22)5-7-16/h4-11,14H,13H2,1-3H3. The summed E-state index contributed by atoms with van der Waals surface area (Å²) in [7, 11) is 4.05. The Kier molecular flexibility index (Phi) is 6.17. The molecule has 0 aliphatic heterocycles. The molecule has 2 aromatic carbocycles. The zero-order valence-corrected chi connectivity index (χ0v) is 17.0.